The van der Waals surface area contributed by atoms with Crippen LogP contribution in [0.2, 0.25) is 0 Å². The van der Waals surface area contributed by atoms with Crippen molar-refractivity contribution in [2.75, 3.05) is 0 Å². The highest BCUT2D eigenvalue weighted by molar-refractivity contribution is 6.06. The Morgan fingerprint density at radius 3 is 2.38 bits per heavy atom. The van der Waals surface area contributed by atoms with Crippen LogP contribution in [0.4, 0.5) is 0 Å². The van der Waals surface area contributed by atoms with E-state index in [1.165, 1.54) is 6.92 Å². The first-order chi connectivity index (χ1) is 7.34. The minimum absolute atomic E-state index is 0.0144. The smallest absolute Gasteiger partial charge is 0.327 e. The summed E-state index contributed by atoms with van der Waals surface area (Å²) in [4.78, 5) is 45.5. The molecule has 1 aliphatic heterocycles. The first-order valence-corrected chi connectivity index (χ1v) is 4.92. The van der Waals surface area contributed by atoms with Crippen LogP contribution in [0.3, 0.4) is 0 Å². The van der Waals surface area contributed by atoms with Crippen LogP contribution < -0.4 is 0 Å². The van der Waals surface area contributed by atoms with E-state index in [9.17, 15) is 19.2 Å². The number of amides is 2. The van der Waals surface area contributed by atoms with Crippen LogP contribution >= 0.6 is 0 Å². The molecule has 0 aromatic heterocycles. The number of carboxylic acid groups (broad SMARTS) is 1. The SMILES string of the molecule is CC(=O)CC(C(=O)O)N1C(=O)CC(C)C1=O. The van der Waals surface area contributed by atoms with Gasteiger partial charge in [0, 0.05) is 18.8 Å². The molecule has 1 heterocycles. The van der Waals surface area contributed by atoms with Gasteiger partial charge in [0.25, 0.3) is 0 Å². The van der Waals surface area contributed by atoms with Crippen LogP contribution in [0.5, 0.6) is 0 Å². The lowest BCUT2D eigenvalue weighted by Crippen LogP contribution is -2.46. The van der Waals surface area contributed by atoms with E-state index in [0.717, 1.165) is 0 Å². The van der Waals surface area contributed by atoms with Crippen molar-refractivity contribution < 1.29 is 24.3 Å². The fraction of sp³-hybridized carbons (Fsp3) is 0.600. The average molecular weight is 227 g/mol. The van der Waals surface area contributed by atoms with Crippen LogP contribution in [-0.4, -0.2) is 39.6 Å². The molecule has 88 valence electrons. The van der Waals surface area contributed by atoms with Crippen molar-refractivity contribution in [1.29, 1.82) is 0 Å². The summed E-state index contributed by atoms with van der Waals surface area (Å²) in [6.45, 7) is 2.79. The van der Waals surface area contributed by atoms with Gasteiger partial charge in [-0.25, -0.2) is 4.79 Å². The Morgan fingerprint density at radius 2 is 2.06 bits per heavy atom. The molecular formula is C10H13NO5. The summed E-state index contributed by atoms with van der Waals surface area (Å²) in [5, 5.41) is 8.91. The number of carbonyl (C=O) groups is 4. The van der Waals surface area contributed by atoms with Gasteiger partial charge in [0.1, 0.15) is 11.8 Å². The lowest BCUT2D eigenvalue weighted by Gasteiger charge is -2.21. The molecule has 0 aromatic rings. The maximum atomic E-state index is 11.6. The Morgan fingerprint density at radius 1 is 1.50 bits per heavy atom. The molecular weight excluding hydrogens is 214 g/mol. The summed E-state index contributed by atoms with van der Waals surface area (Å²) in [5.74, 6) is -3.23. The molecule has 1 fully saturated rings. The van der Waals surface area contributed by atoms with E-state index in [2.05, 4.69) is 0 Å². The zero-order chi connectivity index (χ0) is 12.5. The van der Waals surface area contributed by atoms with Crippen molar-refractivity contribution >= 4 is 23.6 Å². The third kappa shape index (κ3) is 2.26. The van der Waals surface area contributed by atoms with E-state index in [0.29, 0.717) is 4.90 Å². The van der Waals surface area contributed by atoms with Crippen molar-refractivity contribution in [3.8, 4) is 0 Å². The molecule has 1 rings (SSSR count). The molecule has 0 aliphatic carbocycles. The Balaban J connectivity index is 2.94. The minimum Gasteiger partial charge on any atom is -0.480 e. The zero-order valence-corrected chi connectivity index (χ0v) is 9.10. The summed E-state index contributed by atoms with van der Waals surface area (Å²) in [5.41, 5.74) is 0. The highest BCUT2D eigenvalue weighted by Gasteiger charge is 2.43. The molecule has 1 N–H and O–H groups in total. The third-order valence-electron chi connectivity index (χ3n) is 2.49. The fourth-order valence-electron chi connectivity index (χ4n) is 1.70. The van der Waals surface area contributed by atoms with E-state index in [-0.39, 0.29) is 18.6 Å². The standard InChI is InChI=1S/C10H13NO5/c1-5-3-8(13)11(9(5)14)7(10(15)16)4-6(2)12/h5,7H,3-4H2,1-2H3,(H,15,16). The summed E-state index contributed by atoms with van der Waals surface area (Å²) in [6, 6.07) is -1.36. The second kappa shape index (κ2) is 4.42. The number of nitrogens with zero attached hydrogens (tertiary/aromatic N) is 1. The molecule has 0 radical (unpaired) electrons. The number of aliphatic carboxylic acids is 1. The van der Waals surface area contributed by atoms with Gasteiger partial charge < -0.3 is 5.11 Å². The Bertz CT molecular complexity index is 362. The second-order valence-corrected chi connectivity index (χ2v) is 3.97. The fourth-order valence-corrected chi connectivity index (χ4v) is 1.70. The van der Waals surface area contributed by atoms with Crippen molar-refractivity contribution in [2.24, 2.45) is 5.92 Å². The number of likely N-dealkylation sites (tertiary alicyclic amines) is 1. The van der Waals surface area contributed by atoms with E-state index >= 15 is 0 Å². The minimum atomic E-state index is -1.36. The summed E-state index contributed by atoms with van der Waals surface area (Å²) in [6.07, 6.45) is -0.319. The largest absolute Gasteiger partial charge is 0.480 e. The van der Waals surface area contributed by atoms with Gasteiger partial charge in [-0.3, -0.25) is 19.3 Å². The second-order valence-electron chi connectivity index (χ2n) is 3.97. The lowest BCUT2D eigenvalue weighted by atomic mass is 10.1. The molecule has 0 bridgehead atoms. The van der Waals surface area contributed by atoms with Crippen molar-refractivity contribution in [2.45, 2.75) is 32.7 Å². The highest BCUT2D eigenvalue weighted by Crippen LogP contribution is 2.22. The predicted molar refractivity (Wildman–Crippen MR) is 52.4 cm³/mol. The molecule has 16 heavy (non-hydrogen) atoms. The number of imide groups is 1. The van der Waals surface area contributed by atoms with Crippen molar-refractivity contribution in [1.82, 2.24) is 4.90 Å². The maximum absolute atomic E-state index is 11.6. The average Bonchev–Trinajstić information content (AvgIpc) is 2.38. The number of rotatable bonds is 4. The van der Waals surface area contributed by atoms with Crippen LogP contribution in [0.1, 0.15) is 26.7 Å². The van der Waals surface area contributed by atoms with E-state index in [1.807, 2.05) is 0 Å². The van der Waals surface area contributed by atoms with Crippen LogP contribution in [0, 0.1) is 5.92 Å². The molecule has 1 aliphatic rings. The Hall–Kier alpha value is -1.72. The van der Waals surface area contributed by atoms with Gasteiger partial charge in [0.05, 0.1) is 0 Å². The highest BCUT2D eigenvalue weighted by atomic mass is 16.4. The van der Waals surface area contributed by atoms with Crippen LogP contribution in [-0.2, 0) is 19.2 Å². The first-order valence-electron chi connectivity index (χ1n) is 4.92. The molecule has 0 spiro atoms. The molecule has 2 atom stereocenters. The van der Waals surface area contributed by atoms with Crippen LogP contribution in [0.15, 0.2) is 0 Å². The van der Waals surface area contributed by atoms with Crippen molar-refractivity contribution in [3.63, 3.8) is 0 Å². The predicted octanol–water partition coefficient (Wildman–Crippen LogP) is -0.186. The third-order valence-corrected chi connectivity index (χ3v) is 2.49. The van der Waals surface area contributed by atoms with Gasteiger partial charge in [-0.15, -0.1) is 0 Å². The van der Waals surface area contributed by atoms with Gasteiger partial charge in [0.15, 0.2) is 0 Å². The first kappa shape index (κ1) is 12.4. The summed E-state index contributed by atoms with van der Waals surface area (Å²) in [7, 11) is 0. The van der Waals surface area contributed by atoms with Gasteiger partial charge >= 0.3 is 5.97 Å². The van der Waals surface area contributed by atoms with E-state index in [1.54, 1.807) is 6.92 Å². The molecule has 6 nitrogen and oxygen atoms in total. The zero-order valence-electron chi connectivity index (χ0n) is 9.10. The Labute approximate surface area is 92.2 Å². The van der Waals surface area contributed by atoms with E-state index < -0.39 is 29.7 Å². The van der Waals surface area contributed by atoms with Gasteiger partial charge in [-0.2, -0.15) is 0 Å². The van der Waals surface area contributed by atoms with E-state index in [4.69, 9.17) is 5.11 Å². The summed E-state index contributed by atoms with van der Waals surface area (Å²) < 4.78 is 0. The molecule has 0 saturated carbocycles. The molecule has 6 heteroatoms. The molecule has 1 saturated heterocycles. The maximum Gasteiger partial charge on any atom is 0.327 e. The lowest BCUT2D eigenvalue weighted by molar-refractivity contribution is -0.155. The number of carbonyl (C=O) groups excluding carboxylic acids is 3. The topological polar surface area (TPSA) is 91.8 Å². The Kier molecular flexibility index (Phi) is 3.41. The monoisotopic (exact) mass is 227 g/mol. The number of ketones is 1. The summed E-state index contributed by atoms with van der Waals surface area (Å²) >= 11 is 0. The quantitative estimate of drug-likeness (QED) is 0.672. The van der Waals surface area contributed by atoms with Gasteiger partial charge in [-0.05, 0) is 6.92 Å². The number of hydrogen-bond donors (Lipinski definition) is 1. The van der Waals surface area contributed by atoms with Crippen molar-refractivity contribution in [3.05, 3.63) is 0 Å². The van der Waals surface area contributed by atoms with Gasteiger partial charge in [0.2, 0.25) is 11.8 Å². The number of carboxylic acids is 1. The van der Waals surface area contributed by atoms with Gasteiger partial charge in [-0.1, -0.05) is 6.92 Å². The molecule has 2 amide bonds. The molecule has 0 aromatic carbocycles. The normalized spacial score (nSPS) is 22.4. The number of hydrogen-bond acceptors (Lipinski definition) is 4. The molecule has 2 unspecified atom stereocenters. The number of Topliss-reactive ketones (excluding diaryl/α,β-unsaturated/α-hetero) is 1. The van der Waals surface area contributed by atoms with Crippen LogP contribution in [0.25, 0.3) is 0 Å².